The molecule has 6 nitrogen and oxygen atoms in total. The van der Waals surface area contributed by atoms with Crippen molar-refractivity contribution in [3.8, 4) is 0 Å². The third-order valence-electron chi connectivity index (χ3n) is 2.90. The highest BCUT2D eigenvalue weighted by molar-refractivity contribution is 5.79. The highest BCUT2D eigenvalue weighted by Crippen LogP contribution is 1.85. The van der Waals surface area contributed by atoms with Crippen LogP contribution < -0.4 is 10.6 Å². The molecular formula is C16H38N6. The predicted molar refractivity (Wildman–Crippen MR) is 99.9 cm³/mol. The first kappa shape index (κ1) is 22.8. The molecule has 0 aromatic heterocycles. The molecule has 0 aliphatic heterocycles. The molecule has 2 N–H and O–H groups in total. The van der Waals surface area contributed by atoms with Gasteiger partial charge >= 0.3 is 0 Å². The summed E-state index contributed by atoms with van der Waals surface area (Å²) in [5.41, 5.74) is 0. The zero-order valence-corrected chi connectivity index (χ0v) is 16.0. The van der Waals surface area contributed by atoms with E-state index in [1.807, 2.05) is 38.0 Å². The zero-order valence-electron chi connectivity index (χ0n) is 16.0. The van der Waals surface area contributed by atoms with Crippen LogP contribution in [0.5, 0.6) is 0 Å². The highest BCUT2D eigenvalue weighted by atomic mass is 15.3. The molecule has 0 heterocycles. The van der Waals surface area contributed by atoms with Gasteiger partial charge in [-0.1, -0.05) is 26.7 Å². The molecule has 0 rings (SSSR count). The summed E-state index contributed by atoms with van der Waals surface area (Å²) in [5, 5.41) is 6.49. The second-order valence-corrected chi connectivity index (χ2v) is 5.44. The van der Waals surface area contributed by atoms with E-state index >= 15 is 0 Å². The summed E-state index contributed by atoms with van der Waals surface area (Å²) in [5.74, 6) is 1.91. The van der Waals surface area contributed by atoms with Gasteiger partial charge in [0.2, 0.25) is 0 Å². The van der Waals surface area contributed by atoms with Crippen LogP contribution in [0.15, 0.2) is 9.98 Å². The molecule has 0 aliphatic carbocycles. The Kier molecular flexibility index (Phi) is 16.5. The normalized spacial score (nSPS) is 11.5. The minimum absolute atomic E-state index is 0.957. The number of hydrogen-bond donors (Lipinski definition) is 2. The molecule has 0 radical (unpaired) electrons. The van der Waals surface area contributed by atoms with E-state index in [-0.39, 0.29) is 0 Å². The van der Waals surface area contributed by atoms with Crippen molar-refractivity contribution >= 4 is 11.9 Å². The van der Waals surface area contributed by atoms with E-state index in [4.69, 9.17) is 0 Å². The van der Waals surface area contributed by atoms with Crippen molar-refractivity contribution in [3.63, 3.8) is 0 Å². The fourth-order valence-electron chi connectivity index (χ4n) is 1.63. The largest absolute Gasteiger partial charge is 0.356 e. The van der Waals surface area contributed by atoms with E-state index in [1.54, 1.807) is 14.1 Å². The third-order valence-corrected chi connectivity index (χ3v) is 2.90. The van der Waals surface area contributed by atoms with Gasteiger partial charge in [0.15, 0.2) is 11.9 Å². The fraction of sp³-hybridized carbons (Fsp3) is 0.875. The van der Waals surface area contributed by atoms with Gasteiger partial charge in [-0.15, -0.1) is 0 Å². The fourth-order valence-corrected chi connectivity index (χ4v) is 1.63. The van der Waals surface area contributed by atoms with E-state index in [0.717, 1.165) is 25.0 Å². The van der Waals surface area contributed by atoms with Gasteiger partial charge in [-0.2, -0.15) is 0 Å². The van der Waals surface area contributed by atoms with Gasteiger partial charge in [-0.05, 0) is 12.8 Å². The van der Waals surface area contributed by atoms with E-state index in [9.17, 15) is 0 Å². The van der Waals surface area contributed by atoms with Gasteiger partial charge in [0, 0.05) is 55.4 Å². The van der Waals surface area contributed by atoms with Crippen LogP contribution in [0.3, 0.4) is 0 Å². The predicted octanol–water partition coefficient (Wildman–Crippen LogP) is 1.85. The first-order valence-electron chi connectivity index (χ1n) is 8.20. The van der Waals surface area contributed by atoms with Crippen molar-refractivity contribution in [2.75, 3.05) is 55.4 Å². The molecule has 22 heavy (non-hydrogen) atoms. The zero-order chi connectivity index (χ0) is 17.4. The SMILES string of the molecule is CCCCNC(=NC)N(C)C.CCCCNC(=NC)N(C)C. The maximum Gasteiger partial charge on any atom is 0.193 e. The smallest absolute Gasteiger partial charge is 0.193 e. The van der Waals surface area contributed by atoms with Gasteiger partial charge in [0.05, 0.1) is 0 Å². The summed E-state index contributed by atoms with van der Waals surface area (Å²) in [7, 11) is 11.5. The van der Waals surface area contributed by atoms with Gasteiger partial charge in [-0.25, -0.2) is 0 Å². The quantitative estimate of drug-likeness (QED) is 0.446. The first-order chi connectivity index (χ1) is 10.4. The molecule has 0 saturated heterocycles. The highest BCUT2D eigenvalue weighted by Gasteiger charge is 1.97. The Balaban J connectivity index is 0. The van der Waals surface area contributed by atoms with Crippen molar-refractivity contribution < 1.29 is 0 Å². The van der Waals surface area contributed by atoms with E-state index in [0.29, 0.717) is 0 Å². The summed E-state index contributed by atoms with van der Waals surface area (Å²) in [4.78, 5) is 12.1. The average Bonchev–Trinajstić information content (AvgIpc) is 2.48. The van der Waals surface area contributed by atoms with Crippen LogP contribution in [0.4, 0.5) is 0 Å². The number of hydrogen-bond acceptors (Lipinski definition) is 2. The van der Waals surface area contributed by atoms with E-state index < -0.39 is 0 Å². The molecule has 0 aromatic rings. The van der Waals surface area contributed by atoms with Crippen molar-refractivity contribution in [1.82, 2.24) is 20.4 Å². The summed E-state index contributed by atoms with van der Waals surface area (Å²) >= 11 is 0. The molecule has 0 fully saturated rings. The van der Waals surface area contributed by atoms with Crippen molar-refractivity contribution in [2.45, 2.75) is 39.5 Å². The summed E-state index contributed by atoms with van der Waals surface area (Å²) in [6, 6.07) is 0. The van der Waals surface area contributed by atoms with Crippen molar-refractivity contribution in [1.29, 1.82) is 0 Å². The molecule has 132 valence electrons. The number of rotatable bonds is 6. The number of unbranched alkanes of at least 4 members (excludes halogenated alkanes) is 2. The van der Waals surface area contributed by atoms with Crippen molar-refractivity contribution in [3.05, 3.63) is 0 Å². The summed E-state index contributed by atoms with van der Waals surface area (Å²) < 4.78 is 0. The van der Waals surface area contributed by atoms with Gasteiger partial charge in [0.1, 0.15) is 0 Å². The van der Waals surface area contributed by atoms with Crippen molar-refractivity contribution in [2.24, 2.45) is 9.98 Å². The number of nitrogens with one attached hydrogen (secondary N) is 2. The molecule has 0 aliphatic rings. The number of nitrogens with zero attached hydrogens (tertiary/aromatic N) is 4. The van der Waals surface area contributed by atoms with Crippen LogP contribution in [0.25, 0.3) is 0 Å². The number of aliphatic imine (C=N–C) groups is 2. The Morgan fingerprint density at radius 1 is 0.727 bits per heavy atom. The Morgan fingerprint density at radius 3 is 1.23 bits per heavy atom. The average molecular weight is 315 g/mol. The molecule has 0 aromatic carbocycles. The molecule has 0 bridgehead atoms. The van der Waals surface area contributed by atoms with Crippen LogP contribution in [0.2, 0.25) is 0 Å². The Labute approximate surface area is 138 Å². The first-order valence-corrected chi connectivity index (χ1v) is 8.20. The lowest BCUT2D eigenvalue weighted by molar-refractivity contribution is 0.577. The maximum absolute atomic E-state index is 4.09. The van der Waals surface area contributed by atoms with E-state index in [1.165, 1.54) is 25.7 Å². The molecule has 6 heteroatoms. The van der Waals surface area contributed by atoms with Crippen LogP contribution >= 0.6 is 0 Å². The Bertz CT molecular complexity index is 267. The van der Waals surface area contributed by atoms with Gasteiger partial charge in [-0.3, -0.25) is 9.98 Å². The molecule has 0 amide bonds. The minimum atomic E-state index is 0.957. The molecule has 0 spiro atoms. The standard InChI is InChI=1S/2C8H19N3/c2*1-5-6-7-10-8(9-2)11(3)4/h2*5-7H2,1-4H3,(H,9,10). The Hall–Kier alpha value is -1.46. The van der Waals surface area contributed by atoms with Gasteiger partial charge < -0.3 is 20.4 Å². The monoisotopic (exact) mass is 314 g/mol. The molecule has 0 atom stereocenters. The van der Waals surface area contributed by atoms with Crippen LogP contribution in [-0.4, -0.2) is 77.1 Å². The summed E-state index contributed by atoms with van der Waals surface area (Å²) in [6.45, 7) is 6.39. The third kappa shape index (κ3) is 13.5. The van der Waals surface area contributed by atoms with Crippen LogP contribution in [-0.2, 0) is 0 Å². The second-order valence-electron chi connectivity index (χ2n) is 5.44. The molecule has 0 saturated carbocycles. The van der Waals surface area contributed by atoms with Crippen LogP contribution in [0, 0.1) is 0 Å². The lowest BCUT2D eigenvalue weighted by atomic mass is 10.3. The van der Waals surface area contributed by atoms with Crippen LogP contribution in [0.1, 0.15) is 39.5 Å². The maximum atomic E-state index is 4.09. The lowest BCUT2D eigenvalue weighted by Gasteiger charge is -2.16. The minimum Gasteiger partial charge on any atom is -0.356 e. The topological polar surface area (TPSA) is 55.3 Å². The number of guanidine groups is 2. The molecular weight excluding hydrogens is 276 g/mol. The summed E-state index contributed by atoms with van der Waals surface area (Å²) in [6.07, 6.45) is 4.84. The van der Waals surface area contributed by atoms with E-state index in [2.05, 4.69) is 34.5 Å². The van der Waals surface area contributed by atoms with Gasteiger partial charge in [0.25, 0.3) is 0 Å². The lowest BCUT2D eigenvalue weighted by Crippen LogP contribution is -2.36. The Morgan fingerprint density at radius 2 is 1.05 bits per heavy atom. The molecule has 0 unspecified atom stereocenters. The second kappa shape index (κ2) is 15.9.